The number of carbonyl (C=O) groups excluding carboxylic acids is 1. The second-order valence-corrected chi connectivity index (χ2v) is 9.46. The van der Waals surface area contributed by atoms with E-state index in [0.29, 0.717) is 30.0 Å². The van der Waals surface area contributed by atoms with Crippen LogP contribution in [0.3, 0.4) is 0 Å². The standard InChI is InChI=1S/C28H27N3O3/c1-17-9-10-21(19-6-4-5-18(12-19)16-32)23(11-17)27(33)31-15-20-13-22(20)25(31)14-29-28-30-24-7-2-3-8-26(24)34-28/h2-12,20,22,25,32H,13-16H2,1H3,(H,29,30). The molecular formula is C28H27N3O3. The van der Waals surface area contributed by atoms with E-state index in [4.69, 9.17) is 4.42 Å². The molecule has 3 aromatic carbocycles. The number of hydrogen-bond acceptors (Lipinski definition) is 5. The SMILES string of the molecule is Cc1ccc(-c2cccc(CO)c2)c(C(=O)N2CC3CC3C2CNc2nc3ccccc3o2)c1. The Morgan fingerprint density at radius 1 is 1.15 bits per heavy atom. The van der Waals surface area contributed by atoms with Crippen molar-refractivity contribution in [2.45, 2.75) is 26.0 Å². The average Bonchev–Trinajstić information content (AvgIpc) is 3.35. The molecule has 6 rings (SSSR count). The molecule has 2 heterocycles. The number of piperidine rings is 1. The van der Waals surface area contributed by atoms with Crippen molar-refractivity contribution in [2.75, 3.05) is 18.4 Å². The topological polar surface area (TPSA) is 78.6 Å². The fourth-order valence-electron chi connectivity index (χ4n) is 5.28. The fraction of sp³-hybridized carbons (Fsp3) is 0.286. The lowest BCUT2D eigenvalue weighted by Gasteiger charge is -2.28. The summed E-state index contributed by atoms with van der Waals surface area (Å²) in [4.78, 5) is 20.4. The second kappa shape index (κ2) is 8.29. The summed E-state index contributed by atoms with van der Waals surface area (Å²) in [7, 11) is 0. The van der Waals surface area contributed by atoms with Crippen LogP contribution in [0.1, 0.15) is 27.9 Å². The van der Waals surface area contributed by atoms with E-state index in [2.05, 4.69) is 10.3 Å². The summed E-state index contributed by atoms with van der Waals surface area (Å²) in [5.41, 5.74) is 6.02. The van der Waals surface area contributed by atoms with Crippen molar-refractivity contribution in [1.29, 1.82) is 0 Å². The van der Waals surface area contributed by atoms with Gasteiger partial charge in [-0.25, -0.2) is 0 Å². The highest BCUT2D eigenvalue weighted by Gasteiger charge is 2.54. The number of rotatable bonds is 6. The molecule has 6 heteroatoms. The Bertz CT molecular complexity index is 1350. The van der Waals surface area contributed by atoms with Gasteiger partial charge < -0.3 is 19.7 Å². The number of aromatic nitrogens is 1. The Kier molecular flexibility index (Phi) is 5.11. The van der Waals surface area contributed by atoms with Crippen LogP contribution in [0.15, 0.2) is 71.1 Å². The van der Waals surface area contributed by atoms with E-state index >= 15 is 0 Å². The smallest absolute Gasteiger partial charge is 0.295 e. The number of para-hydroxylation sites is 2. The van der Waals surface area contributed by atoms with Gasteiger partial charge in [-0.05, 0) is 66.1 Å². The lowest BCUT2D eigenvalue weighted by atomic mass is 9.95. The number of nitrogens with one attached hydrogen (secondary N) is 1. The third-order valence-electron chi connectivity index (χ3n) is 7.15. The molecule has 34 heavy (non-hydrogen) atoms. The van der Waals surface area contributed by atoms with Gasteiger partial charge in [-0.1, -0.05) is 48.0 Å². The number of carbonyl (C=O) groups is 1. The molecule has 1 aliphatic heterocycles. The first kappa shape index (κ1) is 20.9. The lowest BCUT2D eigenvalue weighted by molar-refractivity contribution is 0.0715. The predicted octanol–water partition coefficient (Wildman–Crippen LogP) is 4.87. The first-order valence-corrected chi connectivity index (χ1v) is 11.8. The molecule has 1 aromatic heterocycles. The number of likely N-dealkylation sites (tertiary alicyclic amines) is 1. The highest BCUT2D eigenvalue weighted by atomic mass is 16.4. The van der Waals surface area contributed by atoms with Gasteiger partial charge in [-0.2, -0.15) is 4.98 Å². The highest BCUT2D eigenvalue weighted by molar-refractivity contribution is 6.01. The van der Waals surface area contributed by atoms with Crippen LogP contribution >= 0.6 is 0 Å². The molecule has 1 amide bonds. The summed E-state index contributed by atoms with van der Waals surface area (Å²) in [6.07, 6.45) is 1.17. The summed E-state index contributed by atoms with van der Waals surface area (Å²) >= 11 is 0. The second-order valence-electron chi connectivity index (χ2n) is 9.46. The average molecular weight is 454 g/mol. The van der Waals surface area contributed by atoms with Crippen molar-refractivity contribution in [3.05, 3.63) is 83.4 Å². The largest absolute Gasteiger partial charge is 0.424 e. The fourth-order valence-corrected chi connectivity index (χ4v) is 5.28. The molecular weight excluding hydrogens is 426 g/mol. The van der Waals surface area contributed by atoms with Gasteiger partial charge >= 0.3 is 0 Å². The number of fused-ring (bicyclic) bond motifs is 2. The zero-order valence-electron chi connectivity index (χ0n) is 19.1. The first-order chi connectivity index (χ1) is 16.6. The van der Waals surface area contributed by atoms with Crippen LogP contribution in [-0.2, 0) is 6.61 Å². The molecule has 2 fully saturated rings. The van der Waals surface area contributed by atoms with E-state index in [1.165, 1.54) is 6.42 Å². The maximum atomic E-state index is 13.9. The van der Waals surface area contributed by atoms with Crippen LogP contribution in [0.5, 0.6) is 0 Å². The first-order valence-electron chi connectivity index (χ1n) is 11.8. The van der Waals surface area contributed by atoms with E-state index in [0.717, 1.165) is 39.9 Å². The van der Waals surface area contributed by atoms with Crippen molar-refractivity contribution in [2.24, 2.45) is 11.8 Å². The van der Waals surface area contributed by atoms with Gasteiger partial charge in [-0.15, -0.1) is 0 Å². The van der Waals surface area contributed by atoms with Crippen LogP contribution in [0.4, 0.5) is 6.01 Å². The van der Waals surface area contributed by atoms with Crippen molar-refractivity contribution in [3.63, 3.8) is 0 Å². The van der Waals surface area contributed by atoms with Gasteiger partial charge in [0.1, 0.15) is 5.52 Å². The van der Waals surface area contributed by atoms with E-state index in [1.807, 2.05) is 78.6 Å². The van der Waals surface area contributed by atoms with Gasteiger partial charge in [0.2, 0.25) is 0 Å². The summed E-state index contributed by atoms with van der Waals surface area (Å²) in [6, 6.07) is 22.1. The molecule has 0 spiro atoms. The van der Waals surface area contributed by atoms with Crippen molar-refractivity contribution < 1.29 is 14.3 Å². The number of aryl methyl sites for hydroxylation is 1. The highest BCUT2D eigenvalue weighted by Crippen LogP contribution is 2.50. The molecule has 1 saturated carbocycles. The predicted molar refractivity (Wildman–Crippen MR) is 131 cm³/mol. The van der Waals surface area contributed by atoms with Crippen LogP contribution < -0.4 is 5.32 Å². The van der Waals surface area contributed by atoms with Gasteiger partial charge in [-0.3, -0.25) is 4.79 Å². The third-order valence-corrected chi connectivity index (χ3v) is 7.15. The molecule has 0 radical (unpaired) electrons. The maximum Gasteiger partial charge on any atom is 0.295 e. The van der Waals surface area contributed by atoms with Crippen LogP contribution in [0.2, 0.25) is 0 Å². The number of benzene rings is 3. The number of nitrogens with zero attached hydrogens (tertiary/aromatic N) is 2. The normalized spacial score (nSPS) is 21.0. The molecule has 1 saturated heterocycles. The lowest BCUT2D eigenvalue weighted by Crippen LogP contribution is -2.42. The number of aliphatic hydroxyl groups excluding tert-OH is 1. The molecule has 3 atom stereocenters. The summed E-state index contributed by atoms with van der Waals surface area (Å²) in [6.45, 7) is 3.38. The Labute approximate surface area is 198 Å². The Morgan fingerprint density at radius 3 is 2.88 bits per heavy atom. The molecule has 172 valence electrons. The Hall–Kier alpha value is -3.64. The van der Waals surface area contributed by atoms with E-state index in [-0.39, 0.29) is 18.6 Å². The van der Waals surface area contributed by atoms with Crippen LogP contribution in [0.25, 0.3) is 22.2 Å². The van der Waals surface area contributed by atoms with Gasteiger partial charge in [0.05, 0.1) is 12.6 Å². The van der Waals surface area contributed by atoms with E-state index in [9.17, 15) is 9.90 Å². The molecule has 0 bridgehead atoms. The molecule has 6 nitrogen and oxygen atoms in total. The van der Waals surface area contributed by atoms with Gasteiger partial charge in [0, 0.05) is 18.7 Å². The minimum Gasteiger partial charge on any atom is -0.424 e. The molecule has 2 aliphatic rings. The quantitative estimate of drug-likeness (QED) is 0.436. The number of anilines is 1. The van der Waals surface area contributed by atoms with Crippen molar-refractivity contribution >= 4 is 23.0 Å². The summed E-state index contributed by atoms with van der Waals surface area (Å²) in [5.74, 6) is 1.15. The van der Waals surface area contributed by atoms with E-state index in [1.54, 1.807) is 0 Å². The summed E-state index contributed by atoms with van der Waals surface area (Å²) in [5, 5.41) is 12.9. The number of amides is 1. The van der Waals surface area contributed by atoms with E-state index < -0.39 is 0 Å². The zero-order valence-corrected chi connectivity index (χ0v) is 19.1. The Morgan fingerprint density at radius 2 is 2.03 bits per heavy atom. The zero-order chi connectivity index (χ0) is 23.2. The van der Waals surface area contributed by atoms with Gasteiger partial charge in [0.15, 0.2) is 5.58 Å². The third kappa shape index (κ3) is 3.74. The minimum atomic E-state index is -0.0258. The molecule has 2 N–H and O–H groups in total. The van der Waals surface area contributed by atoms with Crippen LogP contribution in [0, 0.1) is 18.8 Å². The molecule has 4 aromatic rings. The van der Waals surface area contributed by atoms with Crippen LogP contribution in [-0.4, -0.2) is 40.0 Å². The Balaban J connectivity index is 1.27. The molecule has 1 aliphatic carbocycles. The monoisotopic (exact) mass is 453 g/mol. The van der Waals surface area contributed by atoms with Gasteiger partial charge in [0.25, 0.3) is 11.9 Å². The van der Waals surface area contributed by atoms with Crippen molar-refractivity contribution in [3.8, 4) is 11.1 Å². The maximum absolute atomic E-state index is 13.9. The van der Waals surface area contributed by atoms with Crippen molar-refractivity contribution in [1.82, 2.24) is 9.88 Å². The number of hydrogen-bond donors (Lipinski definition) is 2. The molecule has 3 unspecified atom stereocenters. The number of aliphatic hydroxyl groups is 1. The summed E-state index contributed by atoms with van der Waals surface area (Å²) < 4.78 is 5.83. The minimum absolute atomic E-state index is 0.0258. The number of oxazole rings is 1.